The van der Waals surface area contributed by atoms with Crippen LogP contribution in [-0.4, -0.2) is 30.5 Å². The summed E-state index contributed by atoms with van der Waals surface area (Å²) in [7, 11) is 1.62. The Labute approximate surface area is 118 Å². The molecule has 0 saturated carbocycles. The Morgan fingerprint density at radius 2 is 2.32 bits per heavy atom. The quantitative estimate of drug-likeness (QED) is 0.576. The van der Waals surface area contributed by atoms with E-state index in [2.05, 4.69) is 21.2 Å². The van der Waals surface area contributed by atoms with Gasteiger partial charge in [-0.25, -0.2) is 0 Å². The first-order valence-electron chi connectivity index (χ1n) is 5.49. The van der Waals surface area contributed by atoms with Crippen LogP contribution in [0.25, 0.3) is 0 Å². The fraction of sp³-hybridized carbons (Fsp3) is 0.364. The van der Waals surface area contributed by atoms with Gasteiger partial charge in [-0.05, 0) is 29.0 Å². The van der Waals surface area contributed by atoms with Crippen molar-refractivity contribution in [2.75, 3.05) is 13.7 Å². The normalized spacial score (nSPS) is 11.9. The Morgan fingerprint density at radius 1 is 1.63 bits per heavy atom. The number of halogens is 1. The number of nitrogens with zero attached hydrogens (tertiary/aromatic N) is 1. The molecule has 0 aliphatic carbocycles. The number of carbonyl (C=O) groups excluding carboxylic acids is 1. The first kappa shape index (κ1) is 15.4. The van der Waals surface area contributed by atoms with E-state index in [0.717, 1.165) is 0 Å². The number of nitro benzene ring substituents is 1. The Hall–Kier alpha value is -1.67. The number of rotatable bonds is 7. The maximum absolute atomic E-state index is 11.0. The molecule has 0 saturated heterocycles. The third-order valence-corrected chi connectivity index (χ3v) is 3.14. The van der Waals surface area contributed by atoms with Crippen LogP contribution in [0.4, 0.5) is 5.69 Å². The number of primary amides is 1. The molecular formula is C11H14BrN3O4. The molecule has 0 spiro atoms. The van der Waals surface area contributed by atoms with Gasteiger partial charge in [-0.1, -0.05) is 0 Å². The van der Waals surface area contributed by atoms with E-state index in [1.54, 1.807) is 7.05 Å². The van der Waals surface area contributed by atoms with Crippen LogP contribution in [-0.2, 0) is 4.79 Å². The van der Waals surface area contributed by atoms with Crippen molar-refractivity contribution in [3.05, 3.63) is 32.8 Å². The number of ether oxygens (including phenoxy) is 1. The molecule has 1 atom stereocenters. The SMILES string of the molecule is CNC(CCOc1cc([N+](=O)[O-])ccc1Br)C(N)=O. The summed E-state index contributed by atoms with van der Waals surface area (Å²) < 4.78 is 6.02. The molecule has 8 heteroatoms. The molecule has 0 bridgehead atoms. The van der Waals surface area contributed by atoms with Gasteiger partial charge in [0.25, 0.3) is 5.69 Å². The van der Waals surface area contributed by atoms with Crippen molar-refractivity contribution in [1.82, 2.24) is 5.32 Å². The van der Waals surface area contributed by atoms with E-state index in [1.165, 1.54) is 18.2 Å². The van der Waals surface area contributed by atoms with Gasteiger partial charge < -0.3 is 15.8 Å². The summed E-state index contributed by atoms with van der Waals surface area (Å²) in [5.74, 6) is -0.113. The molecule has 1 rings (SSSR count). The summed E-state index contributed by atoms with van der Waals surface area (Å²) in [6.45, 7) is 0.216. The standard InChI is InChI=1S/C11H14BrN3O4/c1-14-9(11(13)16)4-5-19-10-6-7(15(17)18)2-3-8(10)12/h2-3,6,9,14H,4-5H2,1H3,(H2,13,16). The lowest BCUT2D eigenvalue weighted by atomic mass is 10.2. The molecule has 0 aliphatic heterocycles. The molecule has 1 unspecified atom stereocenters. The van der Waals surface area contributed by atoms with Gasteiger partial charge >= 0.3 is 0 Å². The van der Waals surface area contributed by atoms with Crippen LogP contribution in [0.1, 0.15) is 6.42 Å². The predicted molar refractivity (Wildman–Crippen MR) is 73.0 cm³/mol. The van der Waals surface area contributed by atoms with Crippen molar-refractivity contribution in [2.45, 2.75) is 12.5 Å². The van der Waals surface area contributed by atoms with Crippen LogP contribution in [0, 0.1) is 10.1 Å². The van der Waals surface area contributed by atoms with Gasteiger partial charge in [0.2, 0.25) is 5.91 Å². The molecule has 1 aromatic carbocycles. The number of nitrogens with two attached hydrogens (primary N) is 1. The minimum atomic E-state index is -0.501. The number of amides is 1. The molecule has 0 aromatic heterocycles. The first-order chi connectivity index (χ1) is 8.95. The number of non-ortho nitro benzene ring substituents is 1. The van der Waals surface area contributed by atoms with Crippen molar-refractivity contribution < 1.29 is 14.5 Å². The minimum Gasteiger partial charge on any atom is -0.492 e. The molecule has 7 nitrogen and oxygen atoms in total. The summed E-state index contributed by atoms with van der Waals surface area (Å²) in [5, 5.41) is 13.4. The van der Waals surface area contributed by atoms with E-state index in [4.69, 9.17) is 10.5 Å². The van der Waals surface area contributed by atoms with Crippen LogP contribution < -0.4 is 15.8 Å². The number of hydrogen-bond acceptors (Lipinski definition) is 5. The van der Waals surface area contributed by atoms with Crippen molar-refractivity contribution in [3.8, 4) is 5.75 Å². The highest BCUT2D eigenvalue weighted by atomic mass is 79.9. The zero-order valence-corrected chi connectivity index (χ0v) is 11.8. The van der Waals surface area contributed by atoms with Crippen LogP contribution in [0.2, 0.25) is 0 Å². The fourth-order valence-electron chi connectivity index (χ4n) is 1.43. The molecule has 0 heterocycles. The molecule has 104 valence electrons. The number of likely N-dealkylation sites (N-methyl/N-ethyl adjacent to an activating group) is 1. The molecular weight excluding hydrogens is 318 g/mol. The minimum absolute atomic E-state index is 0.0572. The zero-order chi connectivity index (χ0) is 14.4. The molecule has 0 fully saturated rings. The molecule has 19 heavy (non-hydrogen) atoms. The van der Waals surface area contributed by atoms with Gasteiger partial charge in [0.05, 0.1) is 28.1 Å². The molecule has 1 amide bonds. The average Bonchev–Trinajstić information content (AvgIpc) is 2.35. The summed E-state index contributed by atoms with van der Waals surface area (Å²) in [5.41, 5.74) is 5.11. The Bertz CT molecular complexity index is 481. The summed E-state index contributed by atoms with van der Waals surface area (Å²) in [6, 6.07) is 3.74. The number of nitro groups is 1. The topological polar surface area (TPSA) is 107 Å². The van der Waals surface area contributed by atoms with Gasteiger partial charge in [0.15, 0.2) is 0 Å². The molecule has 3 N–H and O–H groups in total. The number of carbonyl (C=O) groups is 1. The number of hydrogen-bond donors (Lipinski definition) is 2. The Kier molecular flexibility index (Phi) is 5.71. The highest BCUT2D eigenvalue weighted by Crippen LogP contribution is 2.29. The Morgan fingerprint density at radius 3 is 2.84 bits per heavy atom. The van der Waals surface area contributed by atoms with E-state index >= 15 is 0 Å². The van der Waals surface area contributed by atoms with E-state index in [0.29, 0.717) is 16.6 Å². The maximum Gasteiger partial charge on any atom is 0.273 e. The predicted octanol–water partition coefficient (Wildman–Crippen LogP) is 1.20. The van der Waals surface area contributed by atoms with Crippen LogP contribution in [0.3, 0.4) is 0 Å². The van der Waals surface area contributed by atoms with E-state index in [9.17, 15) is 14.9 Å². The lowest BCUT2D eigenvalue weighted by Crippen LogP contribution is -2.40. The van der Waals surface area contributed by atoms with E-state index in [1.807, 2.05) is 0 Å². The van der Waals surface area contributed by atoms with Crippen molar-refractivity contribution in [1.29, 1.82) is 0 Å². The van der Waals surface area contributed by atoms with E-state index < -0.39 is 16.9 Å². The molecule has 0 aliphatic rings. The van der Waals surface area contributed by atoms with Gasteiger partial charge in [0.1, 0.15) is 5.75 Å². The van der Waals surface area contributed by atoms with Crippen LogP contribution >= 0.6 is 15.9 Å². The summed E-state index contributed by atoms with van der Waals surface area (Å²) >= 11 is 3.24. The van der Waals surface area contributed by atoms with Crippen LogP contribution in [0.15, 0.2) is 22.7 Å². The van der Waals surface area contributed by atoms with E-state index in [-0.39, 0.29) is 12.3 Å². The van der Waals surface area contributed by atoms with Gasteiger partial charge in [-0.3, -0.25) is 14.9 Å². The second-order valence-electron chi connectivity index (χ2n) is 3.75. The highest BCUT2D eigenvalue weighted by Gasteiger charge is 2.14. The first-order valence-corrected chi connectivity index (χ1v) is 6.28. The second-order valence-corrected chi connectivity index (χ2v) is 4.61. The molecule has 1 aromatic rings. The van der Waals surface area contributed by atoms with Gasteiger partial charge in [0, 0.05) is 12.5 Å². The van der Waals surface area contributed by atoms with Crippen LogP contribution in [0.5, 0.6) is 5.75 Å². The number of nitrogens with one attached hydrogen (secondary N) is 1. The largest absolute Gasteiger partial charge is 0.492 e. The average molecular weight is 332 g/mol. The zero-order valence-electron chi connectivity index (χ0n) is 10.3. The highest BCUT2D eigenvalue weighted by molar-refractivity contribution is 9.10. The third kappa shape index (κ3) is 4.49. The van der Waals surface area contributed by atoms with Crippen molar-refractivity contribution in [3.63, 3.8) is 0 Å². The lowest BCUT2D eigenvalue weighted by molar-refractivity contribution is -0.385. The van der Waals surface area contributed by atoms with Gasteiger partial charge in [-0.2, -0.15) is 0 Å². The molecule has 0 radical (unpaired) electrons. The van der Waals surface area contributed by atoms with Crippen molar-refractivity contribution >= 4 is 27.5 Å². The summed E-state index contributed by atoms with van der Waals surface area (Å²) in [4.78, 5) is 21.1. The smallest absolute Gasteiger partial charge is 0.273 e. The monoisotopic (exact) mass is 331 g/mol. The maximum atomic E-state index is 11.0. The second kappa shape index (κ2) is 7.05. The lowest BCUT2D eigenvalue weighted by Gasteiger charge is -2.13. The Balaban J connectivity index is 2.64. The third-order valence-electron chi connectivity index (χ3n) is 2.48. The fourth-order valence-corrected chi connectivity index (χ4v) is 1.79. The number of benzene rings is 1. The van der Waals surface area contributed by atoms with Crippen molar-refractivity contribution in [2.24, 2.45) is 5.73 Å². The summed E-state index contributed by atoms with van der Waals surface area (Å²) in [6.07, 6.45) is 0.376. The van der Waals surface area contributed by atoms with Gasteiger partial charge in [-0.15, -0.1) is 0 Å².